The fourth-order valence-corrected chi connectivity index (χ4v) is 3.81. The average molecular weight is 366 g/mol. The van der Waals surface area contributed by atoms with Gasteiger partial charge in [0.1, 0.15) is 5.41 Å². The van der Waals surface area contributed by atoms with Crippen molar-refractivity contribution in [3.63, 3.8) is 0 Å². The molecule has 4 heterocycles. The molecule has 4 atom stereocenters. The minimum absolute atomic E-state index is 0.0434. The molecular weight excluding hydrogens is 340 g/mol. The van der Waals surface area contributed by atoms with E-state index in [9.17, 15) is 9.59 Å². The predicted octanol–water partition coefficient (Wildman–Crippen LogP) is -0.591. The monoisotopic (exact) mass is 366 g/mol. The van der Waals surface area contributed by atoms with E-state index in [1.165, 1.54) is 0 Å². The molecule has 0 spiro atoms. The maximum absolute atomic E-state index is 13.4. The molecule has 0 aromatic rings. The summed E-state index contributed by atoms with van der Waals surface area (Å²) in [5.74, 6) is -0.0867. The molecule has 0 aromatic heterocycles. The van der Waals surface area contributed by atoms with E-state index in [0.717, 1.165) is 6.42 Å². The molecule has 1 aliphatic carbocycles. The van der Waals surface area contributed by atoms with Gasteiger partial charge in [0.15, 0.2) is 0 Å². The fourth-order valence-electron chi connectivity index (χ4n) is 3.81. The first-order valence-electron chi connectivity index (χ1n) is 9.69. The first-order valence-corrected chi connectivity index (χ1v) is 9.69. The predicted molar refractivity (Wildman–Crippen MR) is 88.4 cm³/mol. The van der Waals surface area contributed by atoms with E-state index in [2.05, 4.69) is 0 Å². The molecule has 144 valence electrons. The number of hydrogen-bond donors (Lipinski definition) is 0. The largest absolute Gasteiger partial charge is 0.371 e. The van der Waals surface area contributed by atoms with Crippen molar-refractivity contribution in [3.8, 4) is 0 Å². The summed E-state index contributed by atoms with van der Waals surface area (Å²) >= 11 is 0. The minimum atomic E-state index is -0.909. The molecule has 5 fully saturated rings. The van der Waals surface area contributed by atoms with Crippen molar-refractivity contribution in [1.29, 1.82) is 0 Å². The summed E-state index contributed by atoms with van der Waals surface area (Å²) in [6.45, 7) is 5.02. The summed E-state index contributed by atoms with van der Waals surface area (Å²) in [6, 6.07) is 0. The van der Waals surface area contributed by atoms with Crippen LogP contribution in [0, 0.1) is 5.41 Å². The Balaban J connectivity index is 1.31. The summed E-state index contributed by atoms with van der Waals surface area (Å²) in [5.41, 5.74) is -0.909. The van der Waals surface area contributed by atoms with Gasteiger partial charge in [-0.05, 0) is 12.8 Å². The number of rotatable bonds is 10. The van der Waals surface area contributed by atoms with Crippen LogP contribution < -0.4 is 0 Å². The minimum Gasteiger partial charge on any atom is -0.371 e. The van der Waals surface area contributed by atoms with Crippen molar-refractivity contribution < 1.29 is 28.5 Å². The van der Waals surface area contributed by atoms with Crippen LogP contribution >= 0.6 is 0 Å². The molecule has 2 amide bonds. The van der Waals surface area contributed by atoms with Gasteiger partial charge in [0.05, 0.1) is 50.8 Å². The third kappa shape index (κ3) is 3.60. The number of ether oxygens (including phenoxy) is 4. The molecule has 4 aliphatic heterocycles. The molecule has 8 nitrogen and oxygen atoms in total. The van der Waals surface area contributed by atoms with Crippen molar-refractivity contribution in [2.75, 3.05) is 52.6 Å². The third-order valence-electron chi connectivity index (χ3n) is 5.91. The number of amides is 2. The van der Waals surface area contributed by atoms with Crippen molar-refractivity contribution in [2.45, 2.75) is 43.7 Å². The van der Waals surface area contributed by atoms with Gasteiger partial charge < -0.3 is 28.7 Å². The first kappa shape index (κ1) is 16.9. The second-order valence-corrected chi connectivity index (χ2v) is 8.18. The zero-order chi connectivity index (χ0) is 17.7. The number of epoxide rings is 4. The van der Waals surface area contributed by atoms with E-state index in [0.29, 0.717) is 65.4 Å². The summed E-state index contributed by atoms with van der Waals surface area (Å²) in [7, 11) is 0. The third-order valence-corrected chi connectivity index (χ3v) is 5.91. The van der Waals surface area contributed by atoms with Gasteiger partial charge in [-0.3, -0.25) is 9.59 Å². The maximum atomic E-state index is 13.4. The van der Waals surface area contributed by atoms with Gasteiger partial charge in [-0.1, -0.05) is 6.42 Å². The van der Waals surface area contributed by atoms with Crippen LogP contribution in [0.3, 0.4) is 0 Å². The molecule has 5 rings (SSSR count). The molecule has 8 heteroatoms. The molecule has 0 bridgehead atoms. The van der Waals surface area contributed by atoms with Gasteiger partial charge in [0, 0.05) is 26.2 Å². The highest BCUT2D eigenvalue weighted by molar-refractivity contribution is 6.06. The van der Waals surface area contributed by atoms with Crippen LogP contribution in [-0.4, -0.2) is 98.6 Å². The molecule has 4 unspecified atom stereocenters. The maximum Gasteiger partial charge on any atom is 0.238 e. The van der Waals surface area contributed by atoms with Gasteiger partial charge >= 0.3 is 0 Å². The Hall–Kier alpha value is -1.22. The smallest absolute Gasteiger partial charge is 0.238 e. The lowest BCUT2D eigenvalue weighted by Gasteiger charge is -2.44. The summed E-state index contributed by atoms with van der Waals surface area (Å²) in [4.78, 5) is 30.5. The molecule has 5 aliphatic rings. The van der Waals surface area contributed by atoms with Crippen LogP contribution in [0.5, 0.6) is 0 Å². The second-order valence-electron chi connectivity index (χ2n) is 8.18. The first-order chi connectivity index (χ1) is 12.6. The highest BCUT2D eigenvalue weighted by atomic mass is 16.6. The van der Waals surface area contributed by atoms with Crippen LogP contribution in [-0.2, 0) is 28.5 Å². The average Bonchev–Trinajstić information content (AvgIpc) is 3.43. The quantitative estimate of drug-likeness (QED) is 0.379. The Morgan fingerprint density at radius 1 is 0.692 bits per heavy atom. The SMILES string of the molecule is O=C(N(CC1CO1)CC1CO1)C1(C(=O)N(CC2CO2)CC2CO2)CCC1. The summed E-state index contributed by atoms with van der Waals surface area (Å²) < 4.78 is 21.3. The standard InChI is InChI=1S/C18H26N2O6/c21-16(19(4-12-8-23-12)5-13-9-24-13)18(2-1-3-18)17(22)20(6-14-10-25-14)7-15-11-26-15/h12-15H,1-11H2. The lowest BCUT2D eigenvalue weighted by molar-refractivity contribution is -0.163. The van der Waals surface area contributed by atoms with Crippen LogP contribution in [0.4, 0.5) is 0 Å². The zero-order valence-corrected chi connectivity index (χ0v) is 14.9. The van der Waals surface area contributed by atoms with Gasteiger partial charge in [-0.15, -0.1) is 0 Å². The molecule has 26 heavy (non-hydrogen) atoms. The Bertz CT molecular complexity index is 504. The van der Waals surface area contributed by atoms with E-state index < -0.39 is 5.41 Å². The van der Waals surface area contributed by atoms with Crippen molar-refractivity contribution in [3.05, 3.63) is 0 Å². The topological polar surface area (TPSA) is 90.7 Å². The van der Waals surface area contributed by atoms with E-state index in [1.807, 2.05) is 9.80 Å². The van der Waals surface area contributed by atoms with Crippen molar-refractivity contribution in [1.82, 2.24) is 9.80 Å². The molecule has 0 N–H and O–H groups in total. The van der Waals surface area contributed by atoms with Crippen molar-refractivity contribution >= 4 is 11.8 Å². The lowest BCUT2D eigenvalue weighted by Crippen LogP contribution is -2.59. The van der Waals surface area contributed by atoms with Gasteiger partial charge in [0.25, 0.3) is 0 Å². The fraction of sp³-hybridized carbons (Fsp3) is 0.889. The molecular formula is C18H26N2O6. The van der Waals surface area contributed by atoms with E-state index in [1.54, 1.807) is 0 Å². The molecule has 4 saturated heterocycles. The molecule has 0 aromatic carbocycles. The number of carbonyl (C=O) groups excluding carboxylic acids is 2. The zero-order valence-electron chi connectivity index (χ0n) is 14.9. The summed E-state index contributed by atoms with van der Waals surface area (Å²) in [5, 5.41) is 0. The van der Waals surface area contributed by atoms with E-state index in [-0.39, 0.29) is 36.2 Å². The Labute approximate surface area is 152 Å². The van der Waals surface area contributed by atoms with Crippen LogP contribution in [0.25, 0.3) is 0 Å². The Kier molecular flexibility index (Phi) is 4.19. The van der Waals surface area contributed by atoms with Crippen LogP contribution in [0.2, 0.25) is 0 Å². The number of nitrogens with zero attached hydrogens (tertiary/aromatic N) is 2. The van der Waals surface area contributed by atoms with Gasteiger partial charge in [0.2, 0.25) is 11.8 Å². The Morgan fingerprint density at radius 3 is 1.19 bits per heavy atom. The van der Waals surface area contributed by atoms with Crippen molar-refractivity contribution in [2.24, 2.45) is 5.41 Å². The lowest BCUT2D eigenvalue weighted by atomic mass is 9.66. The van der Waals surface area contributed by atoms with Crippen LogP contribution in [0.15, 0.2) is 0 Å². The van der Waals surface area contributed by atoms with Gasteiger partial charge in [-0.2, -0.15) is 0 Å². The van der Waals surface area contributed by atoms with Gasteiger partial charge in [-0.25, -0.2) is 0 Å². The van der Waals surface area contributed by atoms with Crippen LogP contribution in [0.1, 0.15) is 19.3 Å². The second kappa shape index (κ2) is 6.44. The van der Waals surface area contributed by atoms with E-state index in [4.69, 9.17) is 18.9 Å². The number of hydrogen-bond acceptors (Lipinski definition) is 6. The van der Waals surface area contributed by atoms with E-state index >= 15 is 0 Å². The Morgan fingerprint density at radius 2 is 1.00 bits per heavy atom. The highest BCUT2D eigenvalue weighted by Gasteiger charge is 2.55. The summed E-state index contributed by atoms with van der Waals surface area (Å²) in [6.07, 6.45) is 2.62. The molecule has 0 radical (unpaired) electrons. The number of carbonyl (C=O) groups is 2. The molecule has 1 saturated carbocycles. The highest BCUT2D eigenvalue weighted by Crippen LogP contribution is 2.45. The normalized spacial score (nSPS) is 35.2.